The van der Waals surface area contributed by atoms with Crippen LogP contribution in [0.5, 0.6) is 0 Å². The number of anilines is 1. The Morgan fingerprint density at radius 1 is 1.03 bits per heavy atom. The van der Waals surface area contributed by atoms with Crippen LogP contribution in [0.1, 0.15) is 56.7 Å². The molecule has 1 unspecified atom stereocenters. The van der Waals surface area contributed by atoms with Crippen molar-refractivity contribution in [1.29, 1.82) is 0 Å². The molecule has 1 fully saturated rings. The standard InChI is InChI=1S/C29H36N4O3/c1-29(2,3)36-28(34)30-22-11-9-21(10-12-22)25-19-33-18-13-20-7-5-6-8-24(20)26(27(33)31-25)35-23-14-16-32(4)17-15-23/h5-12,19,23,26H,13-18H2,1-4H3,(H,30,34). The van der Waals surface area contributed by atoms with Gasteiger partial charge in [-0.3, -0.25) is 5.32 Å². The molecule has 2 aliphatic heterocycles. The predicted molar refractivity (Wildman–Crippen MR) is 141 cm³/mol. The fourth-order valence-electron chi connectivity index (χ4n) is 4.95. The number of likely N-dealkylation sites (tertiary alicyclic amines) is 1. The van der Waals surface area contributed by atoms with Gasteiger partial charge in [-0.1, -0.05) is 36.4 Å². The quantitative estimate of drug-likeness (QED) is 0.514. The second kappa shape index (κ2) is 10.1. The van der Waals surface area contributed by atoms with E-state index in [9.17, 15) is 4.79 Å². The van der Waals surface area contributed by atoms with Crippen LogP contribution < -0.4 is 5.32 Å². The molecule has 2 aromatic carbocycles. The summed E-state index contributed by atoms with van der Waals surface area (Å²) in [4.78, 5) is 19.6. The van der Waals surface area contributed by atoms with E-state index in [1.165, 1.54) is 11.1 Å². The number of nitrogens with zero attached hydrogens (tertiary/aromatic N) is 3. The average molecular weight is 489 g/mol. The maximum Gasteiger partial charge on any atom is 0.412 e. The first-order valence-corrected chi connectivity index (χ1v) is 12.8. The molecule has 0 radical (unpaired) electrons. The molecule has 36 heavy (non-hydrogen) atoms. The molecule has 0 saturated carbocycles. The van der Waals surface area contributed by atoms with Crippen molar-refractivity contribution < 1.29 is 14.3 Å². The third-order valence-corrected chi connectivity index (χ3v) is 6.82. The van der Waals surface area contributed by atoms with Crippen molar-refractivity contribution in [2.75, 3.05) is 25.5 Å². The van der Waals surface area contributed by atoms with Crippen molar-refractivity contribution in [2.45, 2.75) is 64.4 Å². The lowest BCUT2D eigenvalue weighted by molar-refractivity contribution is -0.0275. The Balaban J connectivity index is 1.39. The fraction of sp³-hybridized carbons (Fsp3) is 0.448. The summed E-state index contributed by atoms with van der Waals surface area (Å²) in [6.07, 6.45) is 4.73. The van der Waals surface area contributed by atoms with E-state index in [0.717, 1.165) is 56.0 Å². The smallest absolute Gasteiger partial charge is 0.412 e. The van der Waals surface area contributed by atoms with Gasteiger partial charge in [-0.15, -0.1) is 0 Å². The van der Waals surface area contributed by atoms with Gasteiger partial charge in [0.05, 0.1) is 11.8 Å². The van der Waals surface area contributed by atoms with Gasteiger partial charge >= 0.3 is 6.09 Å². The predicted octanol–water partition coefficient (Wildman–Crippen LogP) is 5.65. The number of aromatic nitrogens is 2. The molecule has 1 atom stereocenters. The van der Waals surface area contributed by atoms with E-state index >= 15 is 0 Å². The lowest BCUT2D eigenvalue weighted by atomic mass is 10.00. The van der Waals surface area contributed by atoms with Crippen LogP contribution >= 0.6 is 0 Å². The number of fused-ring (bicyclic) bond motifs is 2. The second-order valence-electron chi connectivity index (χ2n) is 10.8. The molecule has 0 spiro atoms. The molecule has 1 N–H and O–H groups in total. The highest BCUT2D eigenvalue weighted by Crippen LogP contribution is 2.36. The highest BCUT2D eigenvalue weighted by Gasteiger charge is 2.30. The van der Waals surface area contributed by atoms with Crippen LogP contribution in [0.25, 0.3) is 11.3 Å². The van der Waals surface area contributed by atoms with Crippen molar-refractivity contribution in [3.8, 4) is 11.3 Å². The van der Waals surface area contributed by atoms with Gasteiger partial charge < -0.3 is 18.9 Å². The molecule has 2 aliphatic rings. The van der Waals surface area contributed by atoms with Crippen LogP contribution in [0.3, 0.4) is 0 Å². The minimum absolute atomic E-state index is 0.182. The Morgan fingerprint density at radius 3 is 2.47 bits per heavy atom. The largest absolute Gasteiger partial charge is 0.444 e. The number of carbonyl (C=O) groups excluding carboxylic acids is 1. The maximum atomic E-state index is 12.1. The molecule has 0 bridgehead atoms. The lowest BCUT2D eigenvalue weighted by Gasteiger charge is -2.32. The summed E-state index contributed by atoms with van der Waals surface area (Å²) in [5.74, 6) is 0.963. The molecule has 1 amide bonds. The summed E-state index contributed by atoms with van der Waals surface area (Å²) < 4.78 is 14.4. The van der Waals surface area contributed by atoms with Crippen LogP contribution in [0.15, 0.2) is 54.7 Å². The highest BCUT2D eigenvalue weighted by atomic mass is 16.6. The number of amides is 1. The highest BCUT2D eigenvalue weighted by molar-refractivity contribution is 5.85. The number of hydrogen-bond acceptors (Lipinski definition) is 5. The number of carbonyl (C=O) groups is 1. The second-order valence-corrected chi connectivity index (χ2v) is 10.8. The summed E-state index contributed by atoms with van der Waals surface area (Å²) in [6.45, 7) is 8.53. The van der Waals surface area contributed by atoms with E-state index in [1.54, 1.807) is 0 Å². The first kappa shape index (κ1) is 24.5. The number of aryl methyl sites for hydroxylation is 2. The van der Waals surface area contributed by atoms with Gasteiger partial charge in [0.25, 0.3) is 0 Å². The molecule has 3 aromatic rings. The Kier molecular flexibility index (Phi) is 6.86. The first-order chi connectivity index (χ1) is 17.2. The number of piperidine rings is 1. The van der Waals surface area contributed by atoms with E-state index in [4.69, 9.17) is 14.5 Å². The zero-order valence-corrected chi connectivity index (χ0v) is 21.7. The monoisotopic (exact) mass is 488 g/mol. The lowest BCUT2D eigenvalue weighted by Crippen LogP contribution is -2.35. The van der Waals surface area contributed by atoms with E-state index in [2.05, 4.69) is 52.3 Å². The van der Waals surface area contributed by atoms with Crippen LogP contribution in [-0.2, 0) is 22.4 Å². The normalized spacial score (nSPS) is 18.7. The van der Waals surface area contributed by atoms with Crippen LogP contribution in [0.4, 0.5) is 10.5 Å². The average Bonchev–Trinajstić information content (AvgIpc) is 3.20. The Hall–Kier alpha value is -3.16. The fourth-order valence-corrected chi connectivity index (χ4v) is 4.95. The molecule has 5 rings (SSSR count). The summed E-state index contributed by atoms with van der Waals surface area (Å²) in [5, 5.41) is 2.79. The Bertz CT molecular complexity index is 1200. The Labute approximate surface area is 213 Å². The minimum atomic E-state index is -0.539. The van der Waals surface area contributed by atoms with E-state index in [1.807, 2.05) is 45.0 Å². The van der Waals surface area contributed by atoms with E-state index in [0.29, 0.717) is 5.69 Å². The zero-order chi connectivity index (χ0) is 25.3. The maximum absolute atomic E-state index is 12.1. The summed E-state index contributed by atoms with van der Waals surface area (Å²) in [6, 6.07) is 16.3. The number of hydrogen-bond donors (Lipinski definition) is 1. The number of benzene rings is 2. The minimum Gasteiger partial charge on any atom is -0.444 e. The Morgan fingerprint density at radius 2 is 1.75 bits per heavy atom. The molecule has 0 aliphatic carbocycles. The number of nitrogens with one attached hydrogen (secondary N) is 1. The molecule has 7 heteroatoms. The van der Waals surface area contributed by atoms with Crippen molar-refractivity contribution >= 4 is 11.8 Å². The van der Waals surface area contributed by atoms with Crippen LogP contribution in [-0.4, -0.2) is 52.4 Å². The van der Waals surface area contributed by atoms with E-state index in [-0.39, 0.29) is 12.2 Å². The summed E-state index contributed by atoms with van der Waals surface area (Å²) >= 11 is 0. The van der Waals surface area contributed by atoms with Crippen LogP contribution in [0.2, 0.25) is 0 Å². The van der Waals surface area contributed by atoms with E-state index < -0.39 is 11.7 Å². The van der Waals surface area contributed by atoms with Crippen molar-refractivity contribution in [2.24, 2.45) is 0 Å². The van der Waals surface area contributed by atoms with Gasteiger partial charge in [-0.05, 0) is 70.3 Å². The number of ether oxygens (including phenoxy) is 2. The van der Waals surface area contributed by atoms with Gasteiger partial charge in [0.1, 0.15) is 17.5 Å². The van der Waals surface area contributed by atoms with Crippen molar-refractivity contribution in [3.63, 3.8) is 0 Å². The molecule has 3 heterocycles. The first-order valence-electron chi connectivity index (χ1n) is 12.8. The topological polar surface area (TPSA) is 68.6 Å². The molecule has 1 aromatic heterocycles. The van der Waals surface area contributed by atoms with Gasteiger partial charge in [-0.25, -0.2) is 9.78 Å². The summed E-state index contributed by atoms with van der Waals surface area (Å²) in [7, 11) is 2.17. The number of imidazole rings is 1. The SMILES string of the molecule is CN1CCC(OC2c3ccccc3CCn3cc(-c4ccc(NC(=O)OC(C)(C)C)cc4)nc32)CC1. The van der Waals surface area contributed by atoms with Crippen molar-refractivity contribution in [1.82, 2.24) is 14.5 Å². The van der Waals surface area contributed by atoms with Gasteiger partial charge in [-0.2, -0.15) is 0 Å². The summed E-state index contributed by atoms with van der Waals surface area (Å²) in [5.41, 5.74) is 4.61. The molecule has 1 saturated heterocycles. The van der Waals surface area contributed by atoms with Gasteiger partial charge in [0, 0.05) is 37.1 Å². The van der Waals surface area contributed by atoms with Crippen LogP contribution in [0, 0.1) is 0 Å². The van der Waals surface area contributed by atoms with Gasteiger partial charge in [0.15, 0.2) is 0 Å². The van der Waals surface area contributed by atoms with Crippen molar-refractivity contribution in [3.05, 3.63) is 71.7 Å². The van der Waals surface area contributed by atoms with Gasteiger partial charge in [0.2, 0.25) is 0 Å². The third kappa shape index (κ3) is 5.63. The number of rotatable bonds is 4. The zero-order valence-electron chi connectivity index (χ0n) is 21.7. The molecule has 190 valence electrons. The molecular weight excluding hydrogens is 452 g/mol. The molecular formula is C29H36N4O3. The molecule has 7 nitrogen and oxygen atoms in total. The third-order valence-electron chi connectivity index (χ3n) is 6.82.